The number of benzene rings is 1. The number of nitrogens with two attached hydrogens (primary N) is 1. The first-order valence-electron chi connectivity index (χ1n) is 10.7. The van der Waals surface area contributed by atoms with E-state index in [-0.39, 0.29) is 34.2 Å². The fourth-order valence-electron chi connectivity index (χ4n) is 3.56. The molecule has 0 bridgehead atoms. The number of anilines is 1. The number of rotatable bonds is 6. The number of carbonyl (C=O) groups excluding carboxylic acids is 2. The summed E-state index contributed by atoms with van der Waals surface area (Å²) in [6.45, 7) is 6.19. The van der Waals surface area contributed by atoms with Gasteiger partial charge in [-0.15, -0.1) is 0 Å². The van der Waals surface area contributed by atoms with Gasteiger partial charge in [-0.3, -0.25) is 14.3 Å². The van der Waals surface area contributed by atoms with Crippen molar-refractivity contribution in [2.45, 2.75) is 39.4 Å². The SMILES string of the molecule is CCn1cc(NC(=O)c2cnn3c(C(F)(F)F)cc(-c4ccc(C(C)C)cc4)nc23)c(C(N)=O)n1. The zero-order valence-corrected chi connectivity index (χ0v) is 19.1. The number of aryl methyl sites for hydroxylation is 1. The van der Waals surface area contributed by atoms with Gasteiger partial charge in [0.15, 0.2) is 17.0 Å². The van der Waals surface area contributed by atoms with Crippen LogP contribution >= 0.6 is 0 Å². The van der Waals surface area contributed by atoms with E-state index < -0.39 is 23.7 Å². The van der Waals surface area contributed by atoms with Crippen LogP contribution < -0.4 is 11.1 Å². The maximum absolute atomic E-state index is 13.9. The minimum Gasteiger partial charge on any atom is -0.364 e. The van der Waals surface area contributed by atoms with Crippen molar-refractivity contribution in [3.05, 3.63) is 65.2 Å². The van der Waals surface area contributed by atoms with E-state index >= 15 is 0 Å². The quantitative estimate of drug-likeness (QED) is 0.426. The Labute approximate surface area is 197 Å². The van der Waals surface area contributed by atoms with E-state index in [0.29, 0.717) is 16.6 Å². The normalized spacial score (nSPS) is 11.9. The van der Waals surface area contributed by atoms with Crippen LogP contribution in [0.5, 0.6) is 0 Å². The number of aromatic nitrogens is 5. The molecular formula is C23H22F3N7O2. The van der Waals surface area contributed by atoms with Crippen LogP contribution in [0.1, 0.15) is 58.8 Å². The number of nitrogens with zero attached hydrogens (tertiary/aromatic N) is 5. The fraction of sp³-hybridized carbons (Fsp3) is 0.261. The van der Waals surface area contributed by atoms with Crippen LogP contribution in [0, 0.1) is 0 Å². The van der Waals surface area contributed by atoms with Crippen LogP contribution in [0.2, 0.25) is 0 Å². The van der Waals surface area contributed by atoms with E-state index in [0.717, 1.165) is 17.8 Å². The molecular weight excluding hydrogens is 463 g/mol. The van der Waals surface area contributed by atoms with Crippen LogP contribution in [0.4, 0.5) is 18.9 Å². The van der Waals surface area contributed by atoms with Gasteiger partial charge in [-0.2, -0.15) is 23.4 Å². The Morgan fingerprint density at radius 1 is 1.17 bits per heavy atom. The number of hydrogen-bond acceptors (Lipinski definition) is 5. The summed E-state index contributed by atoms with van der Waals surface area (Å²) in [5.74, 6) is -1.43. The second kappa shape index (κ2) is 8.85. The standard InChI is InChI=1S/C23H22F3N7O2/c1-4-32-11-17(19(31-32)20(27)34)30-22(35)15-10-28-33-18(23(24,25)26)9-16(29-21(15)33)14-7-5-13(6-8-14)12(2)3/h5-12H,4H2,1-3H3,(H2,27,34)(H,30,35). The van der Waals surface area contributed by atoms with Gasteiger partial charge in [-0.05, 0) is 24.5 Å². The molecule has 0 unspecified atom stereocenters. The Hall–Kier alpha value is -4.22. The highest BCUT2D eigenvalue weighted by Crippen LogP contribution is 2.33. The molecule has 3 N–H and O–H groups in total. The molecule has 9 nitrogen and oxygen atoms in total. The largest absolute Gasteiger partial charge is 0.433 e. The van der Waals surface area contributed by atoms with Crippen LogP contribution in [0.3, 0.4) is 0 Å². The first kappa shape index (κ1) is 23.9. The molecule has 12 heteroatoms. The van der Waals surface area contributed by atoms with Crippen LogP contribution in [0.25, 0.3) is 16.9 Å². The summed E-state index contributed by atoms with van der Waals surface area (Å²) in [5, 5.41) is 10.2. The molecule has 3 heterocycles. The number of amides is 2. The molecule has 2 amide bonds. The average Bonchev–Trinajstić information content (AvgIpc) is 3.41. The molecule has 4 aromatic rings. The molecule has 3 aromatic heterocycles. The number of halogens is 3. The average molecular weight is 485 g/mol. The molecule has 1 aromatic carbocycles. The Morgan fingerprint density at radius 2 is 1.86 bits per heavy atom. The third kappa shape index (κ3) is 4.59. The predicted molar refractivity (Wildman–Crippen MR) is 122 cm³/mol. The molecule has 0 aliphatic rings. The number of primary amides is 1. The number of hydrogen-bond donors (Lipinski definition) is 2. The van der Waals surface area contributed by atoms with Gasteiger partial charge in [0.1, 0.15) is 5.56 Å². The Balaban J connectivity index is 1.81. The third-order valence-corrected chi connectivity index (χ3v) is 5.45. The fourth-order valence-corrected chi connectivity index (χ4v) is 3.56. The lowest BCUT2D eigenvalue weighted by Gasteiger charge is -2.12. The van der Waals surface area contributed by atoms with E-state index in [1.54, 1.807) is 19.1 Å². The highest BCUT2D eigenvalue weighted by Gasteiger charge is 2.36. The van der Waals surface area contributed by atoms with Crippen molar-refractivity contribution in [1.29, 1.82) is 0 Å². The topological polar surface area (TPSA) is 120 Å². The molecule has 4 rings (SSSR count). The van der Waals surface area contributed by atoms with E-state index in [2.05, 4.69) is 20.5 Å². The summed E-state index contributed by atoms with van der Waals surface area (Å²) in [5.41, 5.74) is 5.11. The Kier molecular flexibility index (Phi) is 6.05. The lowest BCUT2D eigenvalue weighted by Crippen LogP contribution is -2.18. The van der Waals surface area contributed by atoms with Gasteiger partial charge in [0.2, 0.25) is 0 Å². The predicted octanol–water partition coefficient (Wildman–Crippen LogP) is 4.11. The third-order valence-electron chi connectivity index (χ3n) is 5.45. The minimum atomic E-state index is -4.75. The minimum absolute atomic E-state index is 0.0279. The van der Waals surface area contributed by atoms with E-state index in [9.17, 15) is 22.8 Å². The van der Waals surface area contributed by atoms with Crippen molar-refractivity contribution in [3.8, 4) is 11.3 Å². The maximum Gasteiger partial charge on any atom is 0.433 e. The summed E-state index contributed by atoms with van der Waals surface area (Å²) in [7, 11) is 0. The Bertz CT molecular complexity index is 1420. The molecule has 35 heavy (non-hydrogen) atoms. The summed E-state index contributed by atoms with van der Waals surface area (Å²) in [6.07, 6.45) is -2.36. The van der Waals surface area contributed by atoms with Gasteiger partial charge in [0, 0.05) is 18.3 Å². The van der Waals surface area contributed by atoms with Crippen molar-refractivity contribution in [3.63, 3.8) is 0 Å². The van der Waals surface area contributed by atoms with E-state index in [4.69, 9.17) is 5.73 Å². The first-order chi connectivity index (χ1) is 16.5. The lowest BCUT2D eigenvalue weighted by molar-refractivity contribution is -0.142. The second-order valence-electron chi connectivity index (χ2n) is 8.16. The summed E-state index contributed by atoms with van der Waals surface area (Å²) >= 11 is 0. The van der Waals surface area contributed by atoms with Gasteiger partial charge < -0.3 is 11.1 Å². The van der Waals surface area contributed by atoms with E-state index in [1.165, 1.54) is 10.9 Å². The molecule has 0 saturated heterocycles. The number of fused-ring (bicyclic) bond motifs is 1. The molecule has 0 atom stereocenters. The van der Waals surface area contributed by atoms with Crippen molar-refractivity contribution >= 4 is 23.1 Å². The molecule has 0 aliphatic carbocycles. The van der Waals surface area contributed by atoms with Crippen molar-refractivity contribution in [1.82, 2.24) is 24.4 Å². The van der Waals surface area contributed by atoms with Crippen molar-refractivity contribution < 1.29 is 22.8 Å². The zero-order chi connectivity index (χ0) is 25.5. The molecule has 0 aliphatic heterocycles. The monoisotopic (exact) mass is 485 g/mol. The van der Waals surface area contributed by atoms with Crippen LogP contribution in [0.15, 0.2) is 42.7 Å². The first-order valence-corrected chi connectivity index (χ1v) is 10.7. The summed E-state index contributed by atoms with van der Waals surface area (Å²) in [6, 6.07) is 7.90. The molecule has 182 valence electrons. The Morgan fingerprint density at radius 3 is 2.43 bits per heavy atom. The summed E-state index contributed by atoms with van der Waals surface area (Å²) < 4.78 is 43.6. The van der Waals surface area contributed by atoms with Crippen molar-refractivity contribution in [2.24, 2.45) is 5.73 Å². The number of alkyl halides is 3. The maximum atomic E-state index is 13.9. The van der Waals surface area contributed by atoms with E-state index in [1.807, 2.05) is 26.0 Å². The van der Waals surface area contributed by atoms with Gasteiger partial charge >= 0.3 is 6.18 Å². The van der Waals surface area contributed by atoms with Gasteiger partial charge in [0.05, 0.1) is 17.6 Å². The van der Waals surface area contributed by atoms with Gasteiger partial charge in [0.25, 0.3) is 11.8 Å². The molecule has 0 fully saturated rings. The second-order valence-corrected chi connectivity index (χ2v) is 8.16. The molecule has 0 radical (unpaired) electrons. The lowest BCUT2D eigenvalue weighted by atomic mass is 10.0. The van der Waals surface area contributed by atoms with Crippen LogP contribution in [-0.4, -0.2) is 36.2 Å². The highest BCUT2D eigenvalue weighted by atomic mass is 19.4. The summed E-state index contributed by atoms with van der Waals surface area (Å²) in [4.78, 5) is 29.0. The smallest absolute Gasteiger partial charge is 0.364 e. The van der Waals surface area contributed by atoms with Crippen molar-refractivity contribution in [2.75, 3.05) is 5.32 Å². The molecule has 0 spiro atoms. The zero-order valence-electron chi connectivity index (χ0n) is 19.1. The van der Waals surface area contributed by atoms with Gasteiger partial charge in [-0.1, -0.05) is 38.1 Å². The van der Waals surface area contributed by atoms with Gasteiger partial charge in [-0.25, -0.2) is 9.50 Å². The van der Waals surface area contributed by atoms with Crippen LogP contribution in [-0.2, 0) is 12.7 Å². The molecule has 0 saturated carbocycles. The highest BCUT2D eigenvalue weighted by molar-refractivity contribution is 6.10. The number of nitrogens with one attached hydrogen (secondary N) is 1. The number of carbonyl (C=O) groups is 2.